The number of primary amides is 1. The van der Waals surface area contributed by atoms with Crippen molar-refractivity contribution in [3.8, 4) is 0 Å². The summed E-state index contributed by atoms with van der Waals surface area (Å²) in [5.41, 5.74) is 5.80. The highest BCUT2D eigenvalue weighted by Gasteiger charge is 2.34. The Morgan fingerprint density at radius 1 is 1.09 bits per heavy atom. The first-order valence-corrected chi connectivity index (χ1v) is 9.11. The van der Waals surface area contributed by atoms with E-state index in [9.17, 15) is 13.2 Å². The summed E-state index contributed by atoms with van der Waals surface area (Å²) in [6.45, 7) is 6.70. The van der Waals surface area contributed by atoms with E-state index in [4.69, 9.17) is 5.73 Å². The normalized spacial score (nSPS) is 17.5. The van der Waals surface area contributed by atoms with E-state index in [0.29, 0.717) is 4.90 Å². The number of benzene rings is 1. The van der Waals surface area contributed by atoms with Crippen molar-refractivity contribution < 1.29 is 13.2 Å². The van der Waals surface area contributed by atoms with Crippen molar-refractivity contribution in [3.05, 3.63) is 24.3 Å². The summed E-state index contributed by atoms with van der Waals surface area (Å²) < 4.78 is 22.9. The number of sulfone groups is 1. The maximum atomic E-state index is 11.5. The summed E-state index contributed by atoms with van der Waals surface area (Å²) in [6, 6.07) is 6.91. The molecule has 0 radical (unpaired) electrons. The van der Waals surface area contributed by atoms with Crippen molar-refractivity contribution in [1.29, 1.82) is 0 Å². The average molecular weight is 325 g/mol. The fraction of sp³-hybridized carbons (Fsp3) is 0.533. The third-order valence-corrected chi connectivity index (χ3v) is 5.43. The lowest BCUT2D eigenvalue weighted by Gasteiger charge is -2.43. The van der Waals surface area contributed by atoms with Crippen LogP contribution in [0.1, 0.15) is 13.8 Å². The number of rotatable bonds is 4. The van der Waals surface area contributed by atoms with Gasteiger partial charge in [0.2, 0.25) is 5.91 Å². The minimum atomic E-state index is -3.17. The fourth-order valence-electron chi connectivity index (χ4n) is 2.58. The van der Waals surface area contributed by atoms with Gasteiger partial charge < -0.3 is 10.6 Å². The van der Waals surface area contributed by atoms with E-state index in [1.54, 1.807) is 12.1 Å². The Morgan fingerprint density at radius 3 is 2.00 bits per heavy atom. The van der Waals surface area contributed by atoms with Gasteiger partial charge in [0.1, 0.15) is 0 Å². The Hall–Kier alpha value is -1.60. The average Bonchev–Trinajstić information content (AvgIpc) is 2.46. The molecule has 0 atom stereocenters. The number of hydrogen-bond donors (Lipinski definition) is 1. The van der Waals surface area contributed by atoms with Crippen molar-refractivity contribution in [2.45, 2.75) is 24.3 Å². The molecule has 0 saturated carbocycles. The summed E-state index contributed by atoms with van der Waals surface area (Å²) in [7, 11) is -3.17. The zero-order valence-corrected chi connectivity index (χ0v) is 14.1. The molecular formula is C15H23N3O3S. The molecule has 2 N–H and O–H groups in total. The Labute approximate surface area is 131 Å². The van der Waals surface area contributed by atoms with Gasteiger partial charge in [-0.05, 0) is 38.1 Å². The van der Waals surface area contributed by atoms with E-state index in [1.165, 1.54) is 6.26 Å². The molecule has 0 aliphatic carbocycles. The highest BCUT2D eigenvalue weighted by atomic mass is 32.2. The third-order valence-electron chi connectivity index (χ3n) is 4.30. The number of hydrogen-bond acceptors (Lipinski definition) is 5. The molecule has 22 heavy (non-hydrogen) atoms. The smallest absolute Gasteiger partial charge is 0.237 e. The molecule has 1 fully saturated rings. The van der Waals surface area contributed by atoms with Gasteiger partial charge in [0.15, 0.2) is 9.84 Å². The van der Waals surface area contributed by atoms with Crippen LogP contribution < -0.4 is 10.6 Å². The topological polar surface area (TPSA) is 83.7 Å². The molecule has 1 aliphatic heterocycles. The highest BCUT2D eigenvalue weighted by molar-refractivity contribution is 7.90. The van der Waals surface area contributed by atoms with Gasteiger partial charge in [-0.3, -0.25) is 9.69 Å². The van der Waals surface area contributed by atoms with Gasteiger partial charge in [-0.15, -0.1) is 0 Å². The van der Waals surface area contributed by atoms with Gasteiger partial charge >= 0.3 is 0 Å². The van der Waals surface area contributed by atoms with E-state index in [-0.39, 0.29) is 5.91 Å². The molecule has 1 aliphatic rings. The molecule has 1 saturated heterocycles. The van der Waals surface area contributed by atoms with Gasteiger partial charge in [0.05, 0.1) is 10.4 Å². The minimum absolute atomic E-state index is 0.321. The second kappa shape index (κ2) is 5.89. The van der Waals surface area contributed by atoms with Crippen LogP contribution in [0.15, 0.2) is 29.2 Å². The number of nitrogens with zero attached hydrogens (tertiary/aromatic N) is 2. The largest absolute Gasteiger partial charge is 0.369 e. The monoisotopic (exact) mass is 325 g/mol. The molecule has 0 bridgehead atoms. The quantitative estimate of drug-likeness (QED) is 0.870. The summed E-state index contributed by atoms with van der Waals surface area (Å²) in [5, 5.41) is 0. The van der Waals surface area contributed by atoms with Gasteiger partial charge in [-0.2, -0.15) is 0 Å². The van der Waals surface area contributed by atoms with E-state index in [2.05, 4.69) is 9.80 Å². The van der Waals surface area contributed by atoms with Gasteiger partial charge in [-0.25, -0.2) is 8.42 Å². The molecule has 1 aromatic rings. The predicted octanol–water partition coefficient (Wildman–Crippen LogP) is 0.476. The van der Waals surface area contributed by atoms with E-state index in [0.717, 1.165) is 31.9 Å². The Morgan fingerprint density at radius 2 is 1.59 bits per heavy atom. The first kappa shape index (κ1) is 16.8. The van der Waals surface area contributed by atoms with Crippen LogP contribution in [-0.2, 0) is 14.6 Å². The second-order valence-electron chi connectivity index (χ2n) is 6.16. The van der Waals surface area contributed by atoms with Crippen molar-refractivity contribution >= 4 is 21.4 Å². The van der Waals surface area contributed by atoms with Crippen molar-refractivity contribution in [2.75, 3.05) is 37.3 Å². The van der Waals surface area contributed by atoms with Gasteiger partial charge in [-0.1, -0.05) is 0 Å². The molecule has 6 nitrogen and oxygen atoms in total. The fourth-order valence-corrected chi connectivity index (χ4v) is 3.21. The molecule has 1 amide bonds. The van der Waals surface area contributed by atoms with Crippen molar-refractivity contribution in [1.82, 2.24) is 4.90 Å². The van der Waals surface area contributed by atoms with Crippen LogP contribution >= 0.6 is 0 Å². The molecule has 1 aromatic carbocycles. The lowest BCUT2D eigenvalue weighted by molar-refractivity contribution is -0.128. The zero-order valence-electron chi connectivity index (χ0n) is 13.2. The lowest BCUT2D eigenvalue weighted by Crippen LogP contribution is -2.59. The van der Waals surface area contributed by atoms with Crippen LogP contribution in [0.3, 0.4) is 0 Å². The molecule has 0 unspecified atom stereocenters. The van der Waals surface area contributed by atoms with Gasteiger partial charge in [0, 0.05) is 38.1 Å². The van der Waals surface area contributed by atoms with Gasteiger partial charge in [0.25, 0.3) is 0 Å². The molecule has 122 valence electrons. The molecule has 0 spiro atoms. The minimum Gasteiger partial charge on any atom is -0.369 e. The highest BCUT2D eigenvalue weighted by Crippen LogP contribution is 2.22. The van der Waals surface area contributed by atoms with Crippen LogP contribution in [0.25, 0.3) is 0 Å². The molecular weight excluding hydrogens is 302 g/mol. The van der Waals surface area contributed by atoms with E-state index >= 15 is 0 Å². The van der Waals surface area contributed by atoms with Crippen LogP contribution in [0, 0.1) is 0 Å². The van der Waals surface area contributed by atoms with E-state index in [1.807, 2.05) is 26.0 Å². The summed E-state index contributed by atoms with van der Waals surface area (Å²) >= 11 is 0. The van der Waals surface area contributed by atoms with Crippen LogP contribution in [0.2, 0.25) is 0 Å². The number of nitrogens with two attached hydrogens (primary N) is 1. The molecule has 7 heteroatoms. The van der Waals surface area contributed by atoms with E-state index < -0.39 is 15.4 Å². The van der Waals surface area contributed by atoms with Crippen LogP contribution in [-0.4, -0.2) is 57.2 Å². The molecule has 0 aromatic heterocycles. The number of amides is 1. The summed E-state index contributed by atoms with van der Waals surface area (Å²) in [5.74, 6) is -0.321. The number of carbonyl (C=O) groups excluding carboxylic acids is 1. The summed E-state index contributed by atoms with van der Waals surface area (Å²) in [4.78, 5) is 16.1. The first-order valence-electron chi connectivity index (χ1n) is 7.22. The number of anilines is 1. The Balaban J connectivity index is 2.05. The van der Waals surface area contributed by atoms with Crippen molar-refractivity contribution in [2.24, 2.45) is 5.73 Å². The zero-order chi connectivity index (χ0) is 16.5. The second-order valence-corrected chi connectivity index (χ2v) is 8.18. The molecule has 1 heterocycles. The number of carbonyl (C=O) groups is 1. The van der Waals surface area contributed by atoms with Crippen molar-refractivity contribution in [3.63, 3.8) is 0 Å². The number of piperazine rings is 1. The summed E-state index contributed by atoms with van der Waals surface area (Å²) in [6.07, 6.45) is 1.20. The Bertz CT molecular complexity index is 645. The SMILES string of the molecule is CC(C)(C(N)=O)N1CCN(c2ccc(S(C)(=O)=O)cc2)CC1. The third kappa shape index (κ3) is 3.41. The molecule has 2 rings (SSSR count). The van der Waals surface area contributed by atoms with Crippen LogP contribution in [0.4, 0.5) is 5.69 Å². The van der Waals surface area contributed by atoms with Crippen LogP contribution in [0.5, 0.6) is 0 Å². The maximum Gasteiger partial charge on any atom is 0.237 e. The lowest BCUT2D eigenvalue weighted by atomic mass is 10.0. The predicted molar refractivity (Wildman–Crippen MR) is 86.6 cm³/mol. The standard InChI is InChI=1S/C15H23N3O3S/c1-15(2,14(16)19)18-10-8-17(9-11-18)12-4-6-13(7-5-12)22(3,20)21/h4-7H,8-11H2,1-3H3,(H2,16,19). The first-order chi connectivity index (χ1) is 10.1. The maximum absolute atomic E-state index is 11.5. The Kier molecular flexibility index (Phi) is 4.49.